The third kappa shape index (κ3) is 4.55. The van der Waals surface area contributed by atoms with Gasteiger partial charge in [-0.15, -0.1) is 0 Å². The van der Waals surface area contributed by atoms with Crippen molar-refractivity contribution in [1.82, 2.24) is 5.32 Å². The molecule has 0 spiro atoms. The highest BCUT2D eigenvalue weighted by Crippen LogP contribution is 2.28. The molecule has 0 aliphatic heterocycles. The van der Waals surface area contributed by atoms with Gasteiger partial charge in [0.15, 0.2) is 0 Å². The fourth-order valence-corrected chi connectivity index (χ4v) is 2.90. The van der Waals surface area contributed by atoms with Crippen LogP contribution in [0, 0.1) is 0 Å². The largest absolute Gasteiger partial charge is 0.379 e. The van der Waals surface area contributed by atoms with Gasteiger partial charge in [-0.1, -0.05) is 24.3 Å². The molecule has 0 radical (unpaired) electrons. The topological polar surface area (TPSA) is 47.6 Å². The molecule has 0 heterocycles. The van der Waals surface area contributed by atoms with Crippen molar-refractivity contribution in [2.45, 2.75) is 51.7 Å². The Morgan fingerprint density at radius 3 is 2.77 bits per heavy atom. The zero-order valence-corrected chi connectivity index (χ0v) is 13.9. The zero-order chi connectivity index (χ0) is 16.0. The van der Waals surface area contributed by atoms with Gasteiger partial charge >= 0.3 is 0 Å². The number of ether oxygens (including phenoxy) is 2. The predicted octanol–water partition coefficient (Wildman–Crippen LogP) is 2.49. The van der Waals surface area contributed by atoms with E-state index >= 15 is 0 Å². The lowest BCUT2D eigenvalue weighted by molar-refractivity contribution is -0.134. The van der Waals surface area contributed by atoms with Crippen molar-refractivity contribution in [3.05, 3.63) is 35.4 Å². The van der Waals surface area contributed by atoms with Gasteiger partial charge in [-0.05, 0) is 51.2 Å². The van der Waals surface area contributed by atoms with Crippen LogP contribution in [0.3, 0.4) is 0 Å². The second-order valence-electron chi connectivity index (χ2n) is 6.21. The van der Waals surface area contributed by atoms with E-state index in [9.17, 15) is 4.79 Å². The minimum atomic E-state index is -0.450. The summed E-state index contributed by atoms with van der Waals surface area (Å²) in [5.74, 6) is -0.0432. The first-order chi connectivity index (χ1) is 10.5. The monoisotopic (exact) mass is 305 g/mol. The Morgan fingerprint density at radius 2 is 2.05 bits per heavy atom. The first-order valence-electron chi connectivity index (χ1n) is 8.12. The lowest BCUT2D eigenvalue weighted by Gasteiger charge is -2.36. The number of hydrogen-bond donors (Lipinski definition) is 1. The van der Waals surface area contributed by atoms with Crippen molar-refractivity contribution < 1.29 is 14.3 Å². The second kappa shape index (κ2) is 7.75. The van der Waals surface area contributed by atoms with Crippen molar-refractivity contribution in [3.8, 4) is 0 Å². The van der Waals surface area contributed by atoms with Gasteiger partial charge in [0.25, 0.3) is 0 Å². The van der Waals surface area contributed by atoms with Crippen molar-refractivity contribution >= 4 is 5.91 Å². The Bertz CT molecular complexity index is 503. The fourth-order valence-electron chi connectivity index (χ4n) is 2.90. The van der Waals surface area contributed by atoms with E-state index in [4.69, 9.17) is 9.47 Å². The first-order valence-corrected chi connectivity index (χ1v) is 8.12. The van der Waals surface area contributed by atoms with E-state index in [-0.39, 0.29) is 11.4 Å². The highest BCUT2D eigenvalue weighted by atomic mass is 16.5. The number of carbonyl (C=O) groups excluding carboxylic acids is 1. The predicted molar refractivity (Wildman–Crippen MR) is 86.9 cm³/mol. The SMILES string of the molecule is CCOCCO[C@@H](C)C(=O)N[C@@]1(C)CCc2ccccc2C1. The van der Waals surface area contributed by atoms with Crippen LogP contribution in [0.25, 0.3) is 0 Å². The minimum Gasteiger partial charge on any atom is -0.379 e. The van der Waals surface area contributed by atoms with Gasteiger partial charge in [-0.2, -0.15) is 0 Å². The Balaban J connectivity index is 1.86. The molecular formula is C18H27NO3. The van der Waals surface area contributed by atoms with Gasteiger partial charge in [0.2, 0.25) is 5.91 Å². The molecule has 1 amide bonds. The smallest absolute Gasteiger partial charge is 0.249 e. The van der Waals surface area contributed by atoms with Gasteiger partial charge in [0.05, 0.1) is 13.2 Å². The molecular weight excluding hydrogens is 278 g/mol. The van der Waals surface area contributed by atoms with E-state index in [1.54, 1.807) is 6.92 Å². The molecule has 0 aromatic heterocycles. The molecule has 1 aliphatic carbocycles. The molecule has 0 bridgehead atoms. The van der Waals surface area contributed by atoms with Crippen LogP contribution in [-0.4, -0.2) is 37.4 Å². The number of rotatable bonds is 7. The molecule has 0 saturated carbocycles. The summed E-state index contributed by atoms with van der Waals surface area (Å²) in [5.41, 5.74) is 2.54. The lowest BCUT2D eigenvalue weighted by Crippen LogP contribution is -2.52. The van der Waals surface area contributed by atoms with E-state index < -0.39 is 6.10 Å². The summed E-state index contributed by atoms with van der Waals surface area (Å²) in [7, 11) is 0. The van der Waals surface area contributed by atoms with Gasteiger partial charge in [0.1, 0.15) is 6.10 Å². The third-order valence-electron chi connectivity index (χ3n) is 4.24. The zero-order valence-electron chi connectivity index (χ0n) is 13.9. The molecule has 2 atom stereocenters. The first kappa shape index (κ1) is 17.0. The van der Waals surface area contributed by atoms with Crippen LogP contribution >= 0.6 is 0 Å². The molecule has 4 heteroatoms. The highest BCUT2D eigenvalue weighted by molar-refractivity contribution is 5.81. The van der Waals surface area contributed by atoms with Crippen LogP contribution in [0.15, 0.2) is 24.3 Å². The highest BCUT2D eigenvalue weighted by Gasteiger charge is 2.32. The molecule has 22 heavy (non-hydrogen) atoms. The van der Waals surface area contributed by atoms with Crippen molar-refractivity contribution in [2.24, 2.45) is 0 Å². The van der Waals surface area contributed by atoms with Gasteiger partial charge in [-0.3, -0.25) is 4.79 Å². The molecule has 4 nitrogen and oxygen atoms in total. The van der Waals surface area contributed by atoms with E-state index in [1.807, 2.05) is 6.92 Å². The summed E-state index contributed by atoms with van der Waals surface area (Å²) in [4.78, 5) is 12.3. The third-order valence-corrected chi connectivity index (χ3v) is 4.24. The summed E-state index contributed by atoms with van der Waals surface area (Å²) in [6.07, 6.45) is 2.39. The number of hydrogen-bond acceptors (Lipinski definition) is 3. The molecule has 0 saturated heterocycles. The molecule has 1 N–H and O–H groups in total. The molecule has 1 aromatic carbocycles. The summed E-state index contributed by atoms with van der Waals surface area (Å²) in [6.45, 7) is 7.50. The van der Waals surface area contributed by atoms with E-state index in [0.717, 1.165) is 19.3 Å². The number of fused-ring (bicyclic) bond motifs is 1. The van der Waals surface area contributed by atoms with Gasteiger partial charge < -0.3 is 14.8 Å². The van der Waals surface area contributed by atoms with Crippen LogP contribution in [0.2, 0.25) is 0 Å². The summed E-state index contributed by atoms with van der Waals surface area (Å²) < 4.78 is 10.7. The molecule has 0 unspecified atom stereocenters. The average molecular weight is 305 g/mol. The maximum absolute atomic E-state index is 12.3. The Morgan fingerprint density at radius 1 is 1.32 bits per heavy atom. The Labute approximate surface area is 133 Å². The number of aryl methyl sites for hydroxylation is 1. The van der Waals surface area contributed by atoms with Gasteiger partial charge in [-0.25, -0.2) is 0 Å². The van der Waals surface area contributed by atoms with Crippen molar-refractivity contribution in [2.75, 3.05) is 19.8 Å². The number of nitrogens with one attached hydrogen (secondary N) is 1. The van der Waals surface area contributed by atoms with Crippen LogP contribution in [-0.2, 0) is 27.1 Å². The number of amides is 1. The summed E-state index contributed by atoms with van der Waals surface area (Å²) in [6, 6.07) is 8.47. The van der Waals surface area contributed by atoms with Gasteiger partial charge in [0, 0.05) is 12.1 Å². The van der Waals surface area contributed by atoms with Crippen molar-refractivity contribution in [3.63, 3.8) is 0 Å². The van der Waals surface area contributed by atoms with E-state index in [2.05, 4.69) is 36.5 Å². The van der Waals surface area contributed by atoms with Crippen LogP contribution in [0.4, 0.5) is 0 Å². The second-order valence-corrected chi connectivity index (χ2v) is 6.21. The van der Waals surface area contributed by atoms with Crippen LogP contribution < -0.4 is 5.32 Å². The molecule has 1 aliphatic rings. The van der Waals surface area contributed by atoms with Crippen LogP contribution in [0.5, 0.6) is 0 Å². The normalized spacial score (nSPS) is 22.0. The molecule has 1 aromatic rings. The fraction of sp³-hybridized carbons (Fsp3) is 0.611. The summed E-state index contributed by atoms with van der Waals surface area (Å²) >= 11 is 0. The van der Waals surface area contributed by atoms with E-state index in [1.165, 1.54) is 11.1 Å². The van der Waals surface area contributed by atoms with E-state index in [0.29, 0.717) is 19.8 Å². The van der Waals surface area contributed by atoms with Crippen molar-refractivity contribution in [1.29, 1.82) is 0 Å². The summed E-state index contributed by atoms with van der Waals surface area (Å²) in [5, 5.41) is 3.17. The average Bonchev–Trinajstić information content (AvgIpc) is 2.50. The minimum absolute atomic E-state index is 0.0432. The number of benzene rings is 1. The molecule has 2 rings (SSSR count). The maximum Gasteiger partial charge on any atom is 0.249 e. The quantitative estimate of drug-likeness (QED) is 0.787. The molecule has 122 valence electrons. The standard InChI is InChI=1S/C18H27NO3/c1-4-21-11-12-22-14(2)17(20)19-18(3)10-9-15-7-5-6-8-16(15)13-18/h5-8,14H,4,9-13H2,1-3H3,(H,19,20)/t14-,18-/m0/s1. The maximum atomic E-state index is 12.3. The number of carbonyl (C=O) groups is 1. The lowest BCUT2D eigenvalue weighted by atomic mass is 9.79. The Kier molecular flexibility index (Phi) is 5.98. The Hall–Kier alpha value is -1.39. The van der Waals surface area contributed by atoms with Crippen LogP contribution in [0.1, 0.15) is 38.3 Å². The molecule has 0 fully saturated rings.